The lowest BCUT2D eigenvalue weighted by Crippen LogP contribution is -2.20. The van der Waals surface area contributed by atoms with Crippen molar-refractivity contribution in [3.05, 3.63) is 48.3 Å². The predicted octanol–water partition coefficient (Wildman–Crippen LogP) is 4.25. The highest BCUT2D eigenvalue weighted by Gasteiger charge is 2.15. The second-order valence-corrected chi connectivity index (χ2v) is 7.09. The Hall–Kier alpha value is -2.93. The lowest BCUT2D eigenvalue weighted by Gasteiger charge is -2.07. The molecule has 4 rings (SSSR count). The summed E-state index contributed by atoms with van der Waals surface area (Å²) in [6, 6.07) is 13.7. The Morgan fingerprint density at radius 3 is 2.81 bits per heavy atom. The van der Waals surface area contributed by atoms with E-state index in [0.717, 1.165) is 39.2 Å². The van der Waals surface area contributed by atoms with Crippen molar-refractivity contribution >= 4 is 43.6 Å². The molecule has 1 amide bonds. The molecule has 0 radical (unpaired) electrons. The van der Waals surface area contributed by atoms with Crippen LogP contribution < -0.4 is 10.1 Å². The predicted molar refractivity (Wildman–Crippen MR) is 109 cm³/mol. The number of hydrogen-bond donors (Lipinski definition) is 1. The van der Waals surface area contributed by atoms with Gasteiger partial charge in [0.2, 0.25) is 5.91 Å². The summed E-state index contributed by atoms with van der Waals surface area (Å²) >= 11 is 1.44. The van der Waals surface area contributed by atoms with Gasteiger partial charge in [0.25, 0.3) is 0 Å². The van der Waals surface area contributed by atoms with Crippen molar-refractivity contribution in [1.82, 2.24) is 14.5 Å². The molecule has 0 unspecified atom stereocenters. The van der Waals surface area contributed by atoms with Crippen LogP contribution in [-0.2, 0) is 17.8 Å². The van der Waals surface area contributed by atoms with E-state index in [9.17, 15) is 4.79 Å². The van der Waals surface area contributed by atoms with Crippen LogP contribution in [0.2, 0.25) is 0 Å². The number of carbonyl (C=O) groups is 1. The largest absolute Gasteiger partial charge is 0.492 e. The second kappa shape index (κ2) is 7.36. The van der Waals surface area contributed by atoms with Gasteiger partial charge in [-0.25, -0.2) is 9.97 Å². The number of thiazole rings is 1. The number of fused-ring (bicyclic) bond motifs is 2. The van der Waals surface area contributed by atoms with Gasteiger partial charge in [0.05, 0.1) is 22.3 Å². The first-order valence-electron chi connectivity index (χ1n) is 8.96. The SMILES string of the molecule is CCOc1cccc2sc(NC(=O)Cn3c(CC)nc4ccccc43)nc12. The van der Waals surface area contributed by atoms with Crippen molar-refractivity contribution in [2.45, 2.75) is 26.8 Å². The van der Waals surface area contributed by atoms with Gasteiger partial charge in [-0.15, -0.1) is 0 Å². The minimum atomic E-state index is -0.120. The van der Waals surface area contributed by atoms with Gasteiger partial charge in [0.1, 0.15) is 23.6 Å². The van der Waals surface area contributed by atoms with Gasteiger partial charge in [-0.05, 0) is 31.2 Å². The van der Waals surface area contributed by atoms with E-state index >= 15 is 0 Å². The quantitative estimate of drug-likeness (QED) is 0.543. The number of nitrogens with zero attached hydrogens (tertiary/aromatic N) is 3. The number of imidazole rings is 1. The molecular formula is C20H20N4O2S. The number of nitrogens with one attached hydrogen (secondary N) is 1. The van der Waals surface area contributed by atoms with E-state index in [1.807, 2.05) is 60.9 Å². The summed E-state index contributed by atoms with van der Waals surface area (Å²) in [7, 11) is 0. The zero-order chi connectivity index (χ0) is 18.8. The maximum atomic E-state index is 12.7. The van der Waals surface area contributed by atoms with Crippen LogP contribution in [0.15, 0.2) is 42.5 Å². The number of carbonyl (C=O) groups excluding carboxylic acids is 1. The third kappa shape index (κ3) is 3.38. The van der Waals surface area contributed by atoms with Gasteiger partial charge in [-0.1, -0.05) is 36.5 Å². The van der Waals surface area contributed by atoms with E-state index < -0.39 is 0 Å². The van der Waals surface area contributed by atoms with Crippen molar-refractivity contribution in [3.63, 3.8) is 0 Å². The van der Waals surface area contributed by atoms with E-state index in [-0.39, 0.29) is 12.5 Å². The van der Waals surface area contributed by atoms with Crippen LogP contribution in [0.4, 0.5) is 5.13 Å². The third-order valence-corrected chi connectivity index (χ3v) is 5.22. The lowest BCUT2D eigenvalue weighted by molar-refractivity contribution is -0.116. The molecule has 4 aromatic rings. The van der Waals surface area contributed by atoms with Crippen molar-refractivity contribution < 1.29 is 9.53 Å². The van der Waals surface area contributed by atoms with E-state index in [0.29, 0.717) is 11.7 Å². The molecule has 0 aliphatic heterocycles. The van der Waals surface area contributed by atoms with Gasteiger partial charge in [-0.2, -0.15) is 0 Å². The number of anilines is 1. The highest BCUT2D eigenvalue weighted by atomic mass is 32.1. The number of rotatable bonds is 6. The molecule has 0 bridgehead atoms. The molecule has 0 aliphatic carbocycles. The first kappa shape index (κ1) is 17.5. The number of hydrogen-bond acceptors (Lipinski definition) is 5. The average Bonchev–Trinajstić information content (AvgIpc) is 3.23. The molecule has 0 fully saturated rings. The van der Waals surface area contributed by atoms with Crippen LogP contribution in [-0.4, -0.2) is 27.0 Å². The molecule has 0 aliphatic rings. The molecule has 138 valence electrons. The van der Waals surface area contributed by atoms with Crippen LogP contribution in [0.1, 0.15) is 19.7 Å². The Morgan fingerprint density at radius 1 is 1.15 bits per heavy atom. The summed E-state index contributed by atoms with van der Waals surface area (Å²) < 4.78 is 8.57. The first-order chi connectivity index (χ1) is 13.2. The highest BCUT2D eigenvalue weighted by molar-refractivity contribution is 7.22. The maximum Gasteiger partial charge on any atom is 0.246 e. The summed E-state index contributed by atoms with van der Waals surface area (Å²) in [4.78, 5) is 21.8. The molecule has 2 heterocycles. The van der Waals surface area contributed by atoms with Crippen molar-refractivity contribution in [1.29, 1.82) is 0 Å². The van der Waals surface area contributed by atoms with Crippen LogP contribution >= 0.6 is 11.3 Å². The summed E-state index contributed by atoms with van der Waals surface area (Å²) in [6.07, 6.45) is 0.765. The van der Waals surface area contributed by atoms with Gasteiger partial charge < -0.3 is 14.6 Å². The molecular weight excluding hydrogens is 360 g/mol. The zero-order valence-electron chi connectivity index (χ0n) is 15.2. The summed E-state index contributed by atoms with van der Waals surface area (Å²) in [5, 5.41) is 3.49. The minimum absolute atomic E-state index is 0.120. The summed E-state index contributed by atoms with van der Waals surface area (Å²) in [5.41, 5.74) is 2.65. The smallest absolute Gasteiger partial charge is 0.246 e. The average molecular weight is 380 g/mol. The molecule has 0 atom stereocenters. The fraction of sp³-hybridized carbons (Fsp3) is 0.250. The monoisotopic (exact) mass is 380 g/mol. The molecule has 27 heavy (non-hydrogen) atoms. The van der Waals surface area contributed by atoms with Gasteiger partial charge in [0, 0.05) is 6.42 Å². The molecule has 7 heteroatoms. The van der Waals surface area contributed by atoms with Gasteiger partial charge >= 0.3 is 0 Å². The Labute approximate surface area is 160 Å². The van der Waals surface area contributed by atoms with Crippen LogP contribution in [0.25, 0.3) is 21.3 Å². The Bertz CT molecular complexity index is 1120. The number of ether oxygens (including phenoxy) is 1. The van der Waals surface area contributed by atoms with Crippen LogP contribution in [0, 0.1) is 0 Å². The second-order valence-electron chi connectivity index (χ2n) is 6.06. The summed E-state index contributed by atoms with van der Waals surface area (Å²) in [6.45, 7) is 4.76. The van der Waals surface area contributed by atoms with Crippen LogP contribution in [0.3, 0.4) is 0 Å². The fourth-order valence-corrected chi connectivity index (χ4v) is 4.02. The topological polar surface area (TPSA) is 69.0 Å². The van der Waals surface area contributed by atoms with E-state index in [1.165, 1.54) is 11.3 Å². The fourth-order valence-electron chi connectivity index (χ4n) is 3.12. The molecule has 0 saturated carbocycles. The third-order valence-electron chi connectivity index (χ3n) is 4.28. The lowest BCUT2D eigenvalue weighted by atomic mass is 10.3. The zero-order valence-corrected chi connectivity index (χ0v) is 16.0. The molecule has 0 spiro atoms. The number of aromatic nitrogens is 3. The molecule has 2 aromatic carbocycles. The van der Waals surface area contributed by atoms with E-state index in [4.69, 9.17) is 4.74 Å². The normalized spacial score (nSPS) is 11.2. The first-order valence-corrected chi connectivity index (χ1v) is 9.77. The summed E-state index contributed by atoms with van der Waals surface area (Å²) in [5.74, 6) is 1.51. The van der Waals surface area contributed by atoms with Crippen LogP contribution in [0.5, 0.6) is 5.75 Å². The Balaban J connectivity index is 1.58. The Morgan fingerprint density at radius 2 is 2.00 bits per heavy atom. The maximum absolute atomic E-state index is 12.7. The standard InChI is InChI=1S/C20H20N4O2S/c1-3-17-21-13-8-5-6-9-14(13)24(17)12-18(25)22-20-23-19-15(26-4-2)10-7-11-16(19)27-20/h5-11H,3-4,12H2,1-2H3,(H,22,23,25). The molecule has 6 nitrogen and oxygen atoms in total. The van der Waals surface area contributed by atoms with Gasteiger partial charge in [-0.3, -0.25) is 4.79 Å². The van der Waals surface area contributed by atoms with Crippen molar-refractivity contribution in [2.75, 3.05) is 11.9 Å². The van der Waals surface area contributed by atoms with E-state index in [2.05, 4.69) is 15.3 Å². The highest BCUT2D eigenvalue weighted by Crippen LogP contribution is 2.32. The van der Waals surface area contributed by atoms with Gasteiger partial charge in [0.15, 0.2) is 5.13 Å². The van der Waals surface area contributed by atoms with Crippen molar-refractivity contribution in [3.8, 4) is 5.75 Å². The number of amides is 1. The minimum Gasteiger partial charge on any atom is -0.492 e. The molecule has 1 N–H and O–H groups in total. The molecule has 0 saturated heterocycles. The number of para-hydroxylation sites is 3. The number of aryl methyl sites for hydroxylation is 1. The number of benzene rings is 2. The molecule has 2 aromatic heterocycles. The Kier molecular flexibility index (Phi) is 4.77. The van der Waals surface area contributed by atoms with E-state index in [1.54, 1.807) is 0 Å². The van der Waals surface area contributed by atoms with Crippen molar-refractivity contribution in [2.24, 2.45) is 0 Å².